The number of benzene rings is 1. The molecule has 0 unspecified atom stereocenters. The molecule has 0 saturated carbocycles. The van der Waals surface area contributed by atoms with Crippen molar-refractivity contribution in [2.24, 2.45) is 5.73 Å². The van der Waals surface area contributed by atoms with Crippen molar-refractivity contribution in [3.63, 3.8) is 0 Å². The van der Waals surface area contributed by atoms with Crippen molar-refractivity contribution in [1.82, 2.24) is 4.90 Å². The van der Waals surface area contributed by atoms with Crippen molar-refractivity contribution in [3.05, 3.63) is 34.6 Å². The number of ether oxygens (including phenoxy) is 1. The minimum absolute atomic E-state index is 0.0686. The van der Waals surface area contributed by atoms with Gasteiger partial charge in [0.2, 0.25) is 0 Å². The van der Waals surface area contributed by atoms with Crippen LogP contribution in [0.25, 0.3) is 0 Å². The molecular formula is C16H22ClFN2O2. The smallest absolute Gasteiger partial charge is 0.410 e. The van der Waals surface area contributed by atoms with E-state index in [0.29, 0.717) is 19.5 Å². The maximum Gasteiger partial charge on any atom is 0.410 e. The van der Waals surface area contributed by atoms with E-state index in [1.807, 2.05) is 20.8 Å². The predicted octanol–water partition coefficient (Wildman–Crippen LogP) is 3.53. The van der Waals surface area contributed by atoms with Gasteiger partial charge in [0.1, 0.15) is 11.4 Å². The van der Waals surface area contributed by atoms with E-state index < -0.39 is 11.4 Å². The number of hydrogen-bond donors (Lipinski definition) is 1. The summed E-state index contributed by atoms with van der Waals surface area (Å²) in [5, 5.41) is 0.0686. The maximum absolute atomic E-state index is 13.3. The number of likely N-dealkylation sites (tertiary alicyclic amines) is 1. The van der Waals surface area contributed by atoms with E-state index in [4.69, 9.17) is 22.1 Å². The molecular weight excluding hydrogens is 307 g/mol. The number of carbonyl (C=O) groups is 1. The molecule has 1 aliphatic heterocycles. The lowest BCUT2D eigenvalue weighted by Gasteiger charge is -2.37. The molecule has 2 atom stereocenters. The van der Waals surface area contributed by atoms with Gasteiger partial charge in [-0.2, -0.15) is 0 Å². The summed E-state index contributed by atoms with van der Waals surface area (Å²) in [7, 11) is 0. The van der Waals surface area contributed by atoms with Gasteiger partial charge in [0, 0.05) is 25.0 Å². The summed E-state index contributed by atoms with van der Waals surface area (Å²) in [6, 6.07) is 4.49. The second kappa shape index (κ2) is 6.42. The van der Waals surface area contributed by atoms with E-state index in [2.05, 4.69) is 0 Å². The Morgan fingerprint density at radius 1 is 1.45 bits per heavy atom. The standard InChI is InChI=1S/C16H22ClFN2O2/c1-16(2,3)22-15(21)20-7-6-14(19)11(9-20)10-4-5-13(18)12(17)8-10/h4-5,8,11,14H,6-7,9,19H2,1-3H3/t11-,14+/m0/s1. The Morgan fingerprint density at radius 2 is 2.14 bits per heavy atom. The molecule has 1 heterocycles. The molecule has 1 fully saturated rings. The van der Waals surface area contributed by atoms with Crippen LogP contribution in [-0.2, 0) is 4.74 Å². The quantitative estimate of drug-likeness (QED) is 0.858. The summed E-state index contributed by atoms with van der Waals surface area (Å²) >= 11 is 5.85. The van der Waals surface area contributed by atoms with Crippen LogP contribution in [0.3, 0.4) is 0 Å². The highest BCUT2D eigenvalue weighted by atomic mass is 35.5. The summed E-state index contributed by atoms with van der Waals surface area (Å²) in [6.07, 6.45) is 0.316. The zero-order valence-corrected chi connectivity index (χ0v) is 13.9. The van der Waals surface area contributed by atoms with Crippen LogP contribution in [-0.4, -0.2) is 35.7 Å². The molecule has 0 spiro atoms. The third-order valence-electron chi connectivity index (χ3n) is 3.69. The highest BCUT2D eigenvalue weighted by Gasteiger charge is 2.32. The Labute approximate surface area is 135 Å². The molecule has 1 aliphatic rings. The van der Waals surface area contributed by atoms with Gasteiger partial charge in [0.05, 0.1) is 5.02 Å². The maximum atomic E-state index is 13.3. The van der Waals surface area contributed by atoms with Gasteiger partial charge in [0.25, 0.3) is 0 Å². The van der Waals surface area contributed by atoms with Crippen LogP contribution in [0.1, 0.15) is 38.7 Å². The Morgan fingerprint density at radius 3 is 2.73 bits per heavy atom. The fourth-order valence-electron chi connectivity index (χ4n) is 2.56. The van der Waals surface area contributed by atoms with Crippen LogP contribution in [0.15, 0.2) is 18.2 Å². The number of nitrogens with two attached hydrogens (primary N) is 1. The second-order valence-electron chi connectivity index (χ2n) is 6.66. The van der Waals surface area contributed by atoms with Crippen LogP contribution in [0.2, 0.25) is 5.02 Å². The summed E-state index contributed by atoms with van der Waals surface area (Å²) in [4.78, 5) is 13.8. The minimum Gasteiger partial charge on any atom is -0.444 e. The monoisotopic (exact) mass is 328 g/mol. The summed E-state index contributed by atoms with van der Waals surface area (Å²) in [5.41, 5.74) is 6.48. The largest absolute Gasteiger partial charge is 0.444 e. The van der Waals surface area contributed by atoms with Crippen molar-refractivity contribution in [1.29, 1.82) is 0 Å². The second-order valence-corrected chi connectivity index (χ2v) is 7.07. The van der Waals surface area contributed by atoms with Crippen molar-refractivity contribution in [2.75, 3.05) is 13.1 Å². The topological polar surface area (TPSA) is 55.6 Å². The molecule has 0 aromatic heterocycles. The number of amides is 1. The fourth-order valence-corrected chi connectivity index (χ4v) is 2.75. The first-order valence-corrected chi connectivity index (χ1v) is 7.73. The molecule has 1 aromatic rings. The Bertz CT molecular complexity index is 560. The van der Waals surface area contributed by atoms with Crippen molar-refractivity contribution < 1.29 is 13.9 Å². The molecule has 1 amide bonds. The Balaban J connectivity index is 2.14. The lowest BCUT2D eigenvalue weighted by molar-refractivity contribution is 0.0186. The van der Waals surface area contributed by atoms with Gasteiger partial charge in [-0.3, -0.25) is 0 Å². The molecule has 2 rings (SSSR count). The number of halogens is 2. The SMILES string of the molecule is CC(C)(C)OC(=O)N1CC[C@@H](N)[C@H](c2ccc(F)c(Cl)c2)C1. The zero-order chi connectivity index (χ0) is 16.5. The first-order chi connectivity index (χ1) is 10.2. The van der Waals surface area contributed by atoms with E-state index in [1.54, 1.807) is 17.0 Å². The van der Waals surface area contributed by atoms with E-state index in [-0.39, 0.29) is 23.1 Å². The first-order valence-electron chi connectivity index (χ1n) is 7.36. The van der Waals surface area contributed by atoms with Crippen molar-refractivity contribution in [2.45, 2.75) is 44.8 Å². The third-order valence-corrected chi connectivity index (χ3v) is 3.98. The van der Waals surface area contributed by atoms with Crippen LogP contribution in [0, 0.1) is 5.82 Å². The molecule has 122 valence electrons. The Kier molecular flexibility index (Phi) is 4.97. The zero-order valence-electron chi connectivity index (χ0n) is 13.1. The van der Waals surface area contributed by atoms with Crippen molar-refractivity contribution in [3.8, 4) is 0 Å². The third kappa shape index (κ3) is 4.11. The van der Waals surface area contributed by atoms with E-state index >= 15 is 0 Å². The van der Waals surface area contributed by atoms with Crippen LogP contribution >= 0.6 is 11.6 Å². The van der Waals surface area contributed by atoms with Gasteiger partial charge in [-0.25, -0.2) is 9.18 Å². The highest BCUT2D eigenvalue weighted by molar-refractivity contribution is 6.30. The lowest BCUT2D eigenvalue weighted by Crippen LogP contribution is -2.49. The molecule has 0 radical (unpaired) electrons. The minimum atomic E-state index is -0.536. The van der Waals surface area contributed by atoms with E-state index in [1.165, 1.54) is 6.07 Å². The summed E-state index contributed by atoms with van der Waals surface area (Å²) in [6.45, 7) is 6.49. The van der Waals surface area contributed by atoms with Crippen molar-refractivity contribution >= 4 is 17.7 Å². The van der Waals surface area contributed by atoms with Gasteiger partial charge >= 0.3 is 6.09 Å². The molecule has 1 aromatic carbocycles. The molecule has 22 heavy (non-hydrogen) atoms. The van der Waals surface area contributed by atoms with E-state index in [0.717, 1.165) is 5.56 Å². The van der Waals surface area contributed by atoms with Gasteiger partial charge < -0.3 is 15.4 Å². The molecule has 1 saturated heterocycles. The normalized spacial score (nSPS) is 22.5. The van der Waals surface area contributed by atoms with Crippen LogP contribution in [0.5, 0.6) is 0 Å². The molecule has 0 aliphatic carbocycles. The average molecular weight is 329 g/mol. The van der Waals surface area contributed by atoms with Gasteiger partial charge in [-0.1, -0.05) is 17.7 Å². The average Bonchev–Trinajstić information content (AvgIpc) is 2.40. The lowest BCUT2D eigenvalue weighted by atomic mass is 9.86. The highest BCUT2D eigenvalue weighted by Crippen LogP contribution is 2.29. The number of rotatable bonds is 1. The fraction of sp³-hybridized carbons (Fsp3) is 0.562. The Hall–Kier alpha value is -1.33. The van der Waals surface area contributed by atoms with Gasteiger partial charge in [-0.15, -0.1) is 0 Å². The van der Waals surface area contributed by atoms with E-state index in [9.17, 15) is 9.18 Å². The number of carbonyl (C=O) groups excluding carboxylic acids is 1. The summed E-state index contributed by atoms with van der Waals surface area (Å²) in [5.74, 6) is -0.543. The van der Waals surface area contributed by atoms with Crippen LogP contribution in [0.4, 0.5) is 9.18 Å². The number of nitrogens with zero attached hydrogens (tertiary/aromatic N) is 1. The summed E-state index contributed by atoms with van der Waals surface area (Å²) < 4.78 is 18.7. The van der Waals surface area contributed by atoms with Gasteiger partial charge in [0.15, 0.2) is 0 Å². The number of piperidine rings is 1. The molecule has 0 bridgehead atoms. The predicted molar refractivity (Wildman–Crippen MR) is 84.6 cm³/mol. The molecule has 4 nitrogen and oxygen atoms in total. The van der Waals surface area contributed by atoms with Crippen LogP contribution < -0.4 is 5.73 Å². The molecule has 6 heteroatoms. The molecule has 2 N–H and O–H groups in total. The van der Waals surface area contributed by atoms with Gasteiger partial charge in [-0.05, 0) is 44.9 Å². The first kappa shape index (κ1) is 17.0. The number of hydrogen-bond acceptors (Lipinski definition) is 3.